The lowest BCUT2D eigenvalue weighted by Gasteiger charge is -2.26. The highest BCUT2D eigenvalue weighted by Gasteiger charge is 2.35. The van der Waals surface area contributed by atoms with Crippen molar-refractivity contribution in [2.45, 2.75) is 75.9 Å². The lowest BCUT2D eigenvalue weighted by Crippen LogP contribution is -2.17. The first-order chi connectivity index (χ1) is 51.8. The molecule has 9 aromatic carbocycles. The Kier molecular flexibility index (Phi) is 18.7. The molecule has 15 nitrogen and oxygen atoms in total. The van der Waals surface area contributed by atoms with Gasteiger partial charge < -0.3 is 43.2 Å². The van der Waals surface area contributed by atoms with Crippen molar-refractivity contribution < 1.29 is 79.0 Å². The molecule has 0 atom stereocenters. The highest BCUT2D eigenvalue weighted by atomic mass is 19.2. The normalized spacial score (nSPS) is 15.6. The lowest BCUT2D eigenvalue weighted by atomic mass is 9.89. The summed E-state index contributed by atoms with van der Waals surface area (Å²) in [7, 11) is 0. The molecule has 6 aliphatic heterocycles. The van der Waals surface area contributed by atoms with Gasteiger partial charge in [-0.25, -0.2) is 49.5 Å². The van der Waals surface area contributed by atoms with E-state index in [1.54, 1.807) is 30.6 Å². The maximum absolute atomic E-state index is 15.5. The van der Waals surface area contributed by atoms with Gasteiger partial charge in [-0.3, -0.25) is 15.0 Å². The van der Waals surface area contributed by atoms with Crippen molar-refractivity contribution in [2.75, 3.05) is 39.6 Å². The topological polar surface area (TPSA) is 191 Å². The summed E-state index contributed by atoms with van der Waals surface area (Å²) in [5.41, 5.74) is 15.9. The number of aromatic carboxylic acids is 3. The minimum absolute atomic E-state index is 0.0330. The number of hydrogen-bond acceptors (Lipinski definition) is 9. The Hall–Kier alpha value is -11.7. The Bertz CT molecular complexity index is 5740. The van der Waals surface area contributed by atoms with Crippen LogP contribution in [-0.2, 0) is 33.8 Å². The zero-order chi connectivity index (χ0) is 74.1. The summed E-state index contributed by atoms with van der Waals surface area (Å²) < 4.78 is 138. The van der Waals surface area contributed by atoms with Crippen molar-refractivity contribution in [3.8, 4) is 50.4 Å². The molecule has 0 spiro atoms. The second-order valence-corrected chi connectivity index (χ2v) is 27.3. The van der Waals surface area contributed by atoms with Gasteiger partial charge in [0.1, 0.15) is 11.6 Å². The van der Waals surface area contributed by atoms with Crippen LogP contribution >= 0.6 is 0 Å². The van der Waals surface area contributed by atoms with Gasteiger partial charge in [-0.2, -0.15) is 0 Å². The number of rotatable bonds is 12. The average molecular weight is 1450 g/mol. The van der Waals surface area contributed by atoms with Crippen molar-refractivity contribution in [3.63, 3.8) is 0 Å². The van der Waals surface area contributed by atoms with Gasteiger partial charge >= 0.3 is 17.9 Å². The maximum atomic E-state index is 15.5. The molecule has 3 saturated heterocycles. The van der Waals surface area contributed by atoms with Crippen LogP contribution in [0.3, 0.4) is 0 Å². The van der Waals surface area contributed by atoms with Gasteiger partial charge in [0.15, 0.2) is 34.9 Å². The average Bonchev–Trinajstić information content (AvgIpc) is 1.58. The zero-order valence-electron chi connectivity index (χ0n) is 57.0. The summed E-state index contributed by atoms with van der Waals surface area (Å²) >= 11 is 0. The molecule has 107 heavy (non-hydrogen) atoms. The van der Waals surface area contributed by atoms with E-state index in [4.69, 9.17) is 14.2 Å². The molecule has 0 bridgehead atoms. The largest absolute Gasteiger partial charge is 0.478 e. The van der Waals surface area contributed by atoms with E-state index >= 15 is 4.39 Å². The second-order valence-electron chi connectivity index (χ2n) is 27.3. The monoisotopic (exact) mass is 1450 g/mol. The molecule has 18 rings (SSSR count). The number of aromatic nitrogens is 3. The van der Waals surface area contributed by atoms with Crippen LogP contribution < -0.4 is 0 Å². The van der Waals surface area contributed by atoms with E-state index in [1.165, 1.54) is 42.5 Å². The van der Waals surface area contributed by atoms with E-state index in [2.05, 4.69) is 27.1 Å². The van der Waals surface area contributed by atoms with Gasteiger partial charge in [-0.05, 0) is 198 Å². The van der Waals surface area contributed by atoms with Crippen LogP contribution in [0.15, 0.2) is 167 Å². The maximum Gasteiger partial charge on any atom is 0.335 e. The van der Waals surface area contributed by atoms with Crippen molar-refractivity contribution in [3.05, 3.63) is 265 Å². The van der Waals surface area contributed by atoms with Crippen molar-refractivity contribution >= 4 is 69.3 Å². The molecule has 12 aromatic rings. The quantitative estimate of drug-likeness (QED) is 0.0999. The van der Waals surface area contributed by atoms with E-state index in [1.807, 2.05) is 56.3 Å². The number of fused-ring (bicyclic) bond motifs is 6. The number of ether oxygens (including phenoxy) is 3. The first-order valence-electron chi connectivity index (χ1n) is 35.0. The summed E-state index contributed by atoms with van der Waals surface area (Å²) in [4.78, 5) is 47.7. The van der Waals surface area contributed by atoms with E-state index in [0.29, 0.717) is 124 Å². The number of benzene rings is 9. The summed E-state index contributed by atoms with van der Waals surface area (Å²) in [5.74, 6) is -10.4. The Labute approximate surface area is 605 Å². The highest BCUT2D eigenvalue weighted by Crippen LogP contribution is 2.50. The Balaban J connectivity index is 0.000000123. The summed E-state index contributed by atoms with van der Waals surface area (Å²) in [6, 6.07) is 38.0. The molecule has 6 aliphatic rings. The SMILES string of the molecule is O=C(O)c1cc(F)cc(-c2c(C3CCOCC3)n(-c3ccc(F)c(F)c3)c3cc4c(cc23)CN=C4)c1.O=C(O)c1ccc(-c2c(C3CCOCC3)n(-c3ccc(F)c(F)c3)c3cc4c(cc23)CN=C4)c(F)c1.O=C(O)c1ccc(-c2c(C3CCOCC3)n(-c3ccc(F)c(F)c3)c3cc4c(cc23)CN=C4)cc1. The van der Waals surface area contributed by atoms with Gasteiger partial charge in [-0.15, -0.1) is 0 Å². The van der Waals surface area contributed by atoms with E-state index < -0.39 is 64.4 Å². The zero-order valence-corrected chi connectivity index (χ0v) is 57.0. The summed E-state index contributed by atoms with van der Waals surface area (Å²) in [6.45, 7) is 4.90. The van der Waals surface area contributed by atoms with Gasteiger partial charge in [0, 0.05) is 167 Å². The van der Waals surface area contributed by atoms with Crippen molar-refractivity contribution in [1.29, 1.82) is 0 Å². The highest BCUT2D eigenvalue weighted by molar-refractivity contribution is 6.07. The molecule has 540 valence electrons. The molecule has 23 heteroatoms. The standard InChI is InChI=1S/2C28H21F3N2O3.C28H22F2N2O3/c29-22-4-2-19(12-24(22)31)33-25-11-18-14-32-13-17(18)9-21(25)26(27(33)15-5-7-36-8-6-15)20-3-1-16(28(34)35)10-23(20)30;29-20-8-16(7-17(9-20)28(34)35)26-22-10-18-13-32-14-19(18)11-25(22)33(21-1-2-23(30)24(31)12-21)27(26)15-3-5-36-6-4-15;29-23-6-5-21(13-24(23)30)32-25-12-20-15-31-14-19(20)11-22(25)26(27(32)17-7-9-35-10-8-17)16-1-3-18(4-2-16)28(33)34/h1-4,9-12,14-15H,5-8,13H2,(H,34,35);1-2,7-12,14-15H,3-6,13H2,(H,34,35);1-6,11-13,15,17H,7-10,14H2,(H,33,34). The fraction of sp³-hybridized carbons (Fsp3) is 0.214. The Morgan fingerprint density at radius 2 is 0.710 bits per heavy atom. The van der Waals surface area contributed by atoms with Crippen molar-refractivity contribution in [1.82, 2.24) is 13.7 Å². The van der Waals surface area contributed by atoms with Gasteiger partial charge in [0.2, 0.25) is 0 Å². The number of hydrogen-bond donors (Lipinski definition) is 3. The van der Waals surface area contributed by atoms with Crippen molar-refractivity contribution in [2.24, 2.45) is 15.0 Å². The lowest BCUT2D eigenvalue weighted by molar-refractivity contribution is 0.0685. The summed E-state index contributed by atoms with van der Waals surface area (Å²) in [6.07, 6.45) is 9.66. The molecule has 0 amide bonds. The first-order valence-corrected chi connectivity index (χ1v) is 35.0. The second kappa shape index (κ2) is 28.7. The number of aliphatic imine (C=N–C) groups is 3. The van der Waals surface area contributed by atoms with E-state index in [-0.39, 0.29) is 40.0 Å². The molecular formula is C84H64F8N6O9. The van der Waals surface area contributed by atoms with Gasteiger partial charge in [0.05, 0.1) is 52.9 Å². The van der Waals surface area contributed by atoms with Crippen LogP contribution in [0.5, 0.6) is 0 Å². The predicted octanol–water partition coefficient (Wildman–Crippen LogP) is 18.6. The van der Waals surface area contributed by atoms with Crippen LogP contribution in [0.25, 0.3) is 83.2 Å². The predicted molar refractivity (Wildman–Crippen MR) is 389 cm³/mol. The Morgan fingerprint density at radius 1 is 0.346 bits per heavy atom. The minimum atomic E-state index is -1.23. The molecule has 3 fully saturated rings. The molecule has 3 N–H and O–H groups in total. The fourth-order valence-electron chi connectivity index (χ4n) is 15.9. The molecular weight excluding hydrogens is 1390 g/mol. The van der Waals surface area contributed by atoms with Crippen LogP contribution in [0.4, 0.5) is 35.1 Å². The van der Waals surface area contributed by atoms with Crippen LogP contribution in [0.2, 0.25) is 0 Å². The number of halogens is 8. The third kappa shape index (κ3) is 13.0. The molecule has 0 unspecified atom stereocenters. The van der Waals surface area contributed by atoms with Crippen LogP contribution in [0.1, 0.15) is 138 Å². The number of carboxylic acids is 3. The smallest absolute Gasteiger partial charge is 0.335 e. The summed E-state index contributed by atoms with van der Waals surface area (Å²) in [5, 5.41) is 30.8. The molecule has 3 aromatic heterocycles. The first kappa shape index (κ1) is 69.7. The number of nitrogens with zero attached hydrogens (tertiary/aromatic N) is 6. The molecule has 9 heterocycles. The number of carbonyl (C=O) groups is 3. The van der Waals surface area contributed by atoms with E-state index in [9.17, 15) is 60.4 Å². The minimum Gasteiger partial charge on any atom is -0.478 e. The molecule has 0 saturated carbocycles. The molecule has 0 aliphatic carbocycles. The fourth-order valence-corrected chi connectivity index (χ4v) is 15.9. The van der Waals surface area contributed by atoms with Gasteiger partial charge in [-0.1, -0.05) is 18.2 Å². The molecule has 0 radical (unpaired) electrons. The Morgan fingerprint density at radius 3 is 1.08 bits per heavy atom. The number of carboxylic acid groups (broad SMARTS) is 3. The van der Waals surface area contributed by atoms with Crippen LogP contribution in [-0.4, -0.2) is 105 Å². The van der Waals surface area contributed by atoms with Crippen LogP contribution in [0, 0.1) is 46.5 Å². The van der Waals surface area contributed by atoms with Gasteiger partial charge in [0.25, 0.3) is 0 Å². The van der Waals surface area contributed by atoms with E-state index in [0.717, 1.165) is 144 Å². The third-order valence-electron chi connectivity index (χ3n) is 20.9. The third-order valence-corrected chi connectivity index (χ3v) is 20.9.